The van der Waals surface area contributed by atoms with Gasteiger partial charge < -0.3 is 15.3 Å². The van der Waals surface area contributed by atoms with E-state index in [1.54, 1.807) is 0 Å². The molecule has 2 N–H and O–H groups in total. The minimum atomic E-state index is -0.939. The third-order valence-corrected chi connectivity index (χ3v) is 4.02. The molecule has 5 heteroatoms. The van der Waals surface area contributed by atoms with Crippen LogP contribution >= 0.6 is 0 Å². The number of carboxylic acids is 1. The van der Waals surface area contributed by atoms with Gasteiger partial charge in [0.2, 0.25) is 0 Å². The molecule has 114 valence electrons. The number of carboxylic acid groups (broad SMARTS) is 1. The van der Waals surface area contributed by atoms with Crippen LogP contribution in [0.1, 0.15) is 38.7 Å². The molecule has 1 aromatic rings. The van der Waals surface area contributed by atoms with Gasteiger partial charge in [-0.05, 0) is 36.0 Å². The molecular formula is C16H22N2O3. The maximum Gasteiger partial charge on any atom is 0.326 e. The fraction of sp³-hybridized carbons (Fsp3) is 0.500. The summed E-state index contributed by atoms with van der Waals surface area (Å²) < 4.78 is 0. The van der Waals surface area contributed by atoms with Gasteiger partial charge in [0.1, 0.15) is 6.04 Å². The lowest BCUT2D eigenvalue weighted by Crippen LogP contribution is -2.44. The zero-order valence-electron chi connectivity index (χ0n) is 12.7. The van der Waals surface area contributed by atoms with Crippen molar-refractivity contribution in [2.24, 2.45) is 5.92 Å². The number of carbonyl (C=O) groups is 2. The summed E-state index contributed by atoms with van der Waals surface area (Å²) in [5.41, 5.74) is 1.84. The van der Waals surface area contributed by atoms with E-state index >= 15 is 0 Å². The molecule has 2 rings (SSSR count). The second kappa shape index (κ2) is 6.16. The third-order valence-electron chi connectivity index (χ3n) is 4.02. The third kappa shape index (κ3) is 3.35. The monoisotopic (exact) mass is 290 g/mol. The van der Waals surface area contributed by atoms with Crippen LogP contribution in [0.25, 0.3) is 0 Å². The van der Waals surface area contributed by atoms with Gasteiger partial charge in [-0.15, -0.1) is 0 Å². The van der Waals surface area contributed by atoms with Gasteiger partial charge in [-0.2, -0.15) is 0 Å². The summed E-state index contributed by atoms with van der Waals surface area (Å²) >= 11 is 0. The summed E-state index contributed by atoms with van der Waals surface area (Å²) in [6, 6.07) is 6.58. The predicted octanol–water partition coefficient (Wildman–Crippen LogP) is 3.14. The molecular weight excluding hydrogens is 268 g/mol. The molecule has 1 aliphatic heterocycles. The SMILES string of the molecule is CC(C)c1cccc(NC(=O)N2CCC(C)C2C(=O)O)c1. The van der Waals surface area contributed by atoms with E-state index in [0.29, 0.717) is 18.2 Å². The van der Waals surface area contributed by atoms with Gasteiger partial charge >= 0.3 is 12.0 Å². The number of urea groups is 1. The van der Waals surface area contributed by atoms with Crippen LogP contribution in [0, 0.1) is 5.92 Å². The molecule has 1 aliphatic rings. The Morgan fingerprint density at radius 1 is 1.38 bits per heavy atom. The average Bonchev–Trinajstić information content (AvgIpc) is 2.81. The van der Waals surface area contributed by atoms with Crippen LogP contribution in [-0.2, 0) is 4.79 Å². The molecule has 0 radical (unpaired) electrons. The molecule has 1 heterocycles. The van der Waals surface area contributed by atoms with E-state index < -0.39 is 12.0 Å². The van der Waals surface area contributed by atoms with Crippen molar-refractivity contribution < 1.29 is 14.7 Å². The van der Waals surface area contributed by atoms with Gasteiger partial charge in [0.05, 0.1) is 0 Å². The van der Waals surface area contributed by atoms with Crippen molar-refractivity contribution >= 4 is 17.7 Å². The molecule has 1 aromatic carbocycles. The molecule has 1 fully saturated rings. The summed E-state index contributed by atoms with van der Waals surface area (Å²) in [6.07, 6.45) is 0.719. The van der Waals surface area contributed by atoms with Crippen LogP contribution in [0.4, 0.5) is 10.5 Å². The lowest BCUT2D eigenvalue weighted by molar-refractivity contribution is -0.142. The van der Waals surface area contributed by atoms with Gasteiger partial charge in [-0.1, -0.05) is 32.9 Å². The lowest BCUT2D eigenvalue weighted by Gasteiger charge is -2.23. The minimum Gasteiger partial charge on any atom is -0.480 e. The highest BCUT2D eigenvalue weighted by molar-refractivity contribution is 5.92. The number of anilines is 1. The Bertz CT molecular complexity index is 542. The Morgan fingerprint density at radius 3 is 2.71 bits per heavy atom. The maximum absolute atomic E-state index is 12.3. The minimum absolute atomic E-state index is 0.0183. The number of benzene rings is 1. The largest absolute Gasteiger partial charge is 0.480 e. The van der Waals surface area contributed by atoms with E-state index in [1.165, 1.54) is 4.90 Å². The first-order valence-electron chi connectivity index (χ1n) is 7.30. The summed E-state index contributed by atoms with van der Waals surface area (Å²) in [6.45, 7) is 6.52. The number of nitrogens with one attached hydrogen (secondary N) is 1. The van der Waals surface area contributed by atoms with E-state index in [2.05, 4.69) is 19.2 Å². The van der Waals surface area contributed by atoms with Crippen molar-refractivity contribution in [1.29, 1.82) is 0 Å². The van der Waals surface area contributed by atoms with Crippen molar-refractivity contribution in [1.82, 2.24) is 4.90 Å². The highest BCUT2D eigenvalue weighted by Gasteiger charge is 2.39. The van der Waals surface area contributed by atoms with Crippen molar-refractivity contribution in [3.8, 4) is 0 Å². The molecule has 2 amide bonds. The number of hydrogen-bond donors (Lipinski definition) is 2. The van der Waals surface area contributed by atoms with Gasteiger partial charge in [0, 0.05) is 12.2 Å². The standard InChI is InChI=1S/C16H22N2O3/c1-10(2)12-5-4-6-13(9-12)17-16(21)18-8-7-11(3)14(18)15(19)20/h4-6,9-11,14H,7-8H2,1-3H3,(H,17,21)(H,19,20). The first-order chi connectivity index (χ1) is 9.90. The highest BCUT2D eigenvalue weighted by atomic mass is 16.4. The molecule has 2 unspecified atom stereocenters. The Hall–Kier alpha value is -2.04. The van der Waals surface area contributed by atoms with Gasteiger partial charge in [-0.3, -0.25) is 0 Å². The van der Waals surface area contributed by atoms with Crippen LogP contribution < -0.4 is 5.32 Å². The number of carbonyl (C=O) groups excluding carboxylic acids is 1. The van der Waals surface area contributed by atoms with E-state index in [-0.39, 0.29) is 11.9 Å². The van der Waals surface area contributed by atoms with Crippen LogP contribution in [0.3, 0.4) is 0 Å². The Morgan fingerprint density at radius 2 is 2.10 bits per heavy atom. The molecule has 21 heavy (non-hydrogen) atoms. The first kappa shape index (κ1) is 15.4. The molecule has 0 bridgehead atoms. The molecule has 0 aromatic heterocycles. The van der Waals surface area contributed by atoms with E-state index in [9.17, 15) is 14.7 Å². The van der Waals surface area contributed by atoms with Crippen LogP contribution in [-0.4, -0.2) is 34.6 Å². The van der Waals surface area contributed by atoms with Crippen LogP contribution in [0.5, 0.6) is 0 Å². The summed E-state index contributed by atoms with van der Waals surface area (Å²) in [5.74, 6) is -0.582. The second-order valence-corrected chi connectivity index (χ2v) is 5.95. The summed E-state index contributed by atoms with van der Waals surface area (Å²) in [4.78, 5) is 25.0. The van der Waals surface area contributed by atoms with Crippen molar-refractivity contribution in [2.75, 3.05) is 11.9 Å². The van der Waals surface area contributed by atoms with Crippen molar-refractivity contribution in [2.45, 2.75) is 39.2 Å². The van der Waals surface area contributed by atoms with Crippen LogP contribution in [0.2, 0.25) is 0 Å². The molecule has 1 saturated heterocycles. The average molecular weight is 290 g/mol. The smallest absolute Gasteiger partial charge is 0.326 e. The molecule has 0 spiro atoms. The van der Waals surface area contributed by atoms with Gasteiger partial charge in [0.25, 0.3) is 0 Å². The lowest BCUT2D eigenvalue weighted by atomic mass is 10.0. The van der Waals surface area contributed by atoms with E-state index in [4.69, 9.17) is 0 Å². The molecule has 2 atom stereocenters. The number of nitrogens with zero attached hydrogens (tertiary/aromatic N) is 1. The number of aliphatic carboxylic acids is 1. The Labute approximate surface area is 125 Å². The quantitative estimate of drug-likeness (QED) is 0.898. The van der Waals surface area contributed by atoms with E-state index in [1.807, 2.05) is 31.2 Å². The summed E-state index contributed by atoms with van der Waals surface area (Å²) in [7, 11) is 0. The molecule has 0 saturated carbocycles. The van der Waals surface area contributed by atoms with Crippen LogP contribution in [0.15, 0.2) is 24.3 Å². The zero-order valence-corrected chi connectivity index (χ0v) is 12.7. The van der Waals surface area contributed by atoms with Crippen molar-refractivity contribution in [3.63, 3.8) is 0 Å². The second-order valence-electron chi connectivity index (χ2n) is 5.95. The topological polar surface area (TPSA) is 69.6 Å². The van der Waals surface area contributed by atoms with Gasteiger partial charge in [0.15, 0.2) is 0 Å². The maximum atomic E-state index is 12.3. The summed E-state index contributed by atoms with van der Waals surface area (Å²) in [5, 5.41) is 12.1. The Kier molecular flexibility index (Phi) is 4.50. The zero-order chi connectivity index (χ0) is 15.6. The number of likely N-dealkylation sites (tertiary alicyclic amines) is 1. The number of rotatable bonds is 3. The van der Waals surface area contributed by atoms with Gasteiger partial charge in [-0.25, -0.2) is 9.59 Å². The normalized spacial score (nSPS) is 21.6. The molecule has 0 aliphatic carbocycles. The number of amides is 2. The Balaban J connectivity index is 2.11. The van der Waals surface area contributed by atoms with Crippen molar-refractivity contribution in [3.05, 3.63) is 29.8 Å². The van der Waals surface area contributed by atoms with E-state index in [0.717, 1.165) is 12.0 Å². The molecule has 5 nitrogen and oxygen atoms in total. The predicted molar refractivity (Wildman–Crippen MR) is 81.5 cm³/mol. The fourth-order valence-electron chi connectivity index (χ4n) is 2.72. The number of hydrogen-bond acceptors (Lipinski definition) is 2. The highest BCUT2D eigenvalue weighted by Crippen LogP contribution is 2.25. The first-order valence-corrected chi connectivity index (χ1v) is 7.30. The fourth-order valence-corrected chi connectivity index (χ4v) is 2.72.